The monoisotopic (exact) mass is 354 g/mol. The molecule has 0 aromatic heterocycles. The second-order valence-corrected chi connectivity index (χ2v) is 6.44. The zero-order valence-electron chi connectivity index (χ0n) is 14.7. The fourth-order valence-corrected chi connectivity index (χ4v) is 3.56. The Balaban J connectivity index is 2.19. The molecule has 1 aromatic carbocycles. The Morgan fingerprint density at radius 2 is 2.08 bits per heavy atom. The molecule has 1 saturated heterocycles. The highest BCUT2D eigenvalue weighted by molar-refractivity contribution is 6.31. The molecule has 0 N–H and O–H groups in total. The molecule has 1 fully saturated rings. The Hall–Kier alpha value is -1.14. The van der Waals surface area contributed by atoms with Gasteiger partial charge in [-0.1, -0.05) is 36.7 Å². The number of nitrogens with zero attached hydrogens (tertiary/aromatic N) is 2. The number of halogens is 1. The summed E-state index contributed by atoms with van der Waals surface area (Å²) in [6.45, 7) is 6.33. The molecule has 6 heteroatoms. The van der Waals surface area contributed by atoms with E-state index in [0.29, 0.717) is 11.1 Å². The van der Waals surface area contributed by atoms with Gasteiger partial charge in [0.25, 0.3) is 0 Å². The van der Waals surface area contributed by atoms with Crippen LogP contribution in [0, 0.1) is 0 Å². The van der Waals surface area contributed by atoms with E-state index in [9.17, 15) is 4.79 Å². The number of carbonyl (C=O) groups excluding carboxylic acids is 1. The van der Waals surface area contributed by atoms with Gasteiger partial charge in [0, 0.05) is 44.4 Å². The molecule has 24 heavy (non-hydrogen) atoms. The number of carbonyl (C=O) groups is 1. The minimum atomic E-state index is -0.456. The van der Waals surface area contributed by atoms with E-state index in [1.807, 2.05) is 24.3 Å². The standard InChI is InChI=1S/C18H27ClN2O3/c1-4-14-13-21(10-9-20(14)11-12-23-2)17(18(22)24-3)15-7-5-6-8-16(15)19/h5-8,14,17H,4,9-13H2,1-3H3. The van der Waals surface area contributed by atoms with Gasteiger partial charge in [-0.05, 0) is 18.1 Å². The molecule has 1 aliphatic heterocycles. The fourth-order valence-electron chi connectivity index (χ4n) is 3.32. The van der Waals surface area contributed by atoms with Crippen molar-refractivity contribution in [2.24, 2.45) is 0 Å². The summed E-state index contributed by atoms with van der Waals surface area (Å²) in [5.74, 6) is -0.261. The fraction of sp³-hybridized carbons (Fsp3) is 0.611. The van der Waals surface area contributed by atoms with Crippen LogP contribution < -0.4 is 0 Å². The molecule has 5 nitrogen and oxygen atoms in total. The Morgan fingerprint density at radius 3 is 2.71 bits per heavy atom. The smallest absolute Gasteiger partial charge is 0.327 e. The highest BCUT2D eigenvalue weighted by atomic mass is 35.5. The lowest BCUT2D eigenvalue weighted by Gasteiger charge is -2.43. The van der Waals surface area contributed by atoms with Crippen LogP contribution in [-0.2, 0) is 14.3 Å². The average Bonchev–Trinajstić information content (AvgIpc) is 2.61. The van der Waals surface area contributed by atoms with Gasteiger partial charge in [-0.15, -0.1) is 0 Å². The molecule has 1 aliphatic rings. The average molecular weight is 355 g/mol. The summed E-state index contributed by atoms with van der Waals surface area (Å²) in [6, 6.07) is 7.44. The van der Waals surface area contributed by atoms with Crippen LogP contribution >= 0.6 is 11.6 Å². The van der Waals surface area contributed by atoms with Crippen LogP contribution in [-0.4, -0.2) is 68.8 Å². The molecule has 1 heterocycles. The van der Waals surface area contributed by atoms with Crippen molar-refractivity contribution < 1.29 is 14.3 Å². The number of ether oxygens (including phenoxy) is 2. The number of piperazine rings is 1. The van der Waals surface area contributed by atoms with Gasteiger partial charge in [0.05, 0.1) is 13.7 Å². The number of esters is 1. The third-order valence-corrected chi connectivity index (χ3v) is 5.02. The first kappa shape index (κ1) is 19.2. The molecule has 2 unspecified atom stereocenters. The number of methoxy groups -OCH3 is 2. The number of hydrogen-bond acceptors (Lipinski definition) is 5. The molecule has 0 bridgehead atoms. The zero-order valence-corrected chi connectivity index (χ0v) is 15.5. The first-order valence-corrected chi connectivity index (χ1v) is 8.79. The quantitative estimate of drug-likeness (QED) is 0.704. The van der Waals surface area contributed by atoms with Crippen molar-refractivity contribution >= 4 is 17.6 Å². The maximum absolute atomic E-state index is 12.5. The molecule has 2 atom stereocenters. The topological polar surface area (TPSA) is 42.0 Å². The lowest BCUT2D eigenvalue weighted by molar-refractivity contribution is -0.148. The Labute approximate surface area is 149 Å². The van der Waals surface area contributed by atoms with Crippen LogP contribution in [0.1, 0.15) is 24.9 Å². The van der Waals surface area contributed by atoms with Gasteiger partial charge in [-0.3, -0.25) is 9.80 Å². The second-order valence-electron chi connectivity index (χ2n) is 6.03. The van der Waals surface area contributed by atoms with Crippen LogP contribution in [0.5, 0.6) is 0 Å². The Morgan fingerprint density at radius 1 is 1.33 bits per heavy atom. The summed E-state index contributed by atoms with van der Waals surface area (Å²) in [5, 5.41) is 0.600. The molecule has 0 aliphatic carbocycles. The Bertz CT molecular complexity index is 541. The minimum absolute atomic E-state index is 0.261. The summed E-state index contributed by atoms with van der Waals surface area (Å²) in [7, 11) is 3.15. The lowest BCUT2D eigenvalue weighted by Crippen LogP contribution is -2.55. The summed E-state index contributed by atoms with van der Waals surface area (Å²) in [6.07, 6.45) is 1.02. The van der Waals surface area contributed by atoms with Gasteiger partial charge < -0.3 is 9.47 Å². The predicted octanol–water partition coefficient (Wildman–Crippen LogP) is 2.60. The van der Waals surface area contributed by atoms with Gasteiger partial charge in [-0.2, -0.15) is 0 Å². The predicted molar refractivity (Wildman–Crippen MR) is 95.3 cm³/mol. The lowest BCUT2D eigenvalue weighted by atomic mass is 10.0. The van der Waals surface area contributed by atoms with Crippen LogP contribution in [0.3, 0.4) is 0 Å². The van der Waals surface area contributed by atoms with E-state index >= 15 is 0 Å². The van der Waals surface area contributed by atoms with Gasteiger partial charge in [0.2, 0.25) is 0 Å². The largest absolute Gasteiger partial charge is 0.468 e. The van der Waals surface area contributed by atoms with Crippen molar-refractivity contribution in [3.8, 4) is 0 Å². The van der Waals surface area contributed by atoms with E-state index in [4.69, 9.17) is 21.1 Å². The van der Waals surface area contributed by atoms with Crippen LogP contribution in [0.4, 0.5) is 0 Å². The molecule has 0 saturated carbocycles. The Kier molecular flexibility index (Phi) is 7.49. The molecule has 0 spiro atoms. The first-order valence-electron chi connectivity index (χ1n) is 8.41. The van der Waals surface area contributed by atoms with E-state index in [2.05, 4.69) is 16.7 Å². The number of rotatable bonds is 7. The number of hydrogen-bond donors (Lipinski definition) is 0. The van der Waals surface area contributed by atoms with Gasteiger partial charge >= 0.3 is 5.97 Å². The zero-order chi connectivity index (χ0) is 17.5. The highest BCUT2D eigenvalue weighted by Crippen LogP contribution is 2.30. The highest BCUT2D eigenvalue weighted by Gasteiger charge is 2.35. The molecule has 0 amide bonds. The van der Waals surface area contributed by atoms with Gasteiger partial charge in [0.15, 0.2) is 0 Å². The van der Waals surface area contributed by atoms with Gasteiger partial charge in [-0.25, -0.2) is 4.79 Å². The van der Waals surface area contributed by atoms with E-state index in [0.717, 1.165) is 44.8 Å². The molecule has 0 radical (unpaired) electrons. The van der Waals surface area contributed by atoms with Crippen molar-refractivity contribution in [3.63, 3.8) is 0 Å². The molecule has 2 rings (SSSR count). The normalized spacial score (nSPS) is 20.8. The summed E-state index contributed by atoms with van der Waals surface area (Å²) >= 11 is 6.35. The summed E-state index contributed by atoms with van der Waals surface area (Å²) < 4.78 is 10.3. The maximum atomic E-state index is 12.5. The third-order valence-electron chi connectivity index (χ3n) is 4.68. The van der Waals surface area contributed by atoms with Crippen LogP contribution in [0.2, 0.25) is 5.02 Å². The summed E-state index contributed by atoms with van der Waals surface area (Å²) in [5.41, 5.74) is 0.811. The van der Waals surface area contributed by atoms with E-state index in [1.165, 1.54) is 7.11 Å². The SMILES string of the molecule is CCC1CN(C(C(=O)OC)c2ccccc2Cl)CCN1CCOC. The van der Waals surface area contributed by atoms with Crippen LogP contribution in [0.25, 0.3) is 0 Å². The molecular weight excluding hydrogens is 328 g/mol. The second kappa shape index (κ2) is 9.37. The van der Waals surface area contributed by atoms with Crippen LogP contribution in [0.15, 0.2) is 24.3 Å². The van der Waals surface area contributed by atoms with Crippen molar-refractivity contribution in [3.05, 3.63) is 34.9 Å². The maximum Gasteiger partial charge on any atom is 0.327 e. The molecule has 1 aromatic rings. The van der Waals surface area contributed by atoms with Crippen molar-refractivity contribution in [1.29, 1.82) is 0 Å². The van der Waals surface area contributed by atoms with Crippen molar-refractivity contribution in [2.75, 3.05) is 47.0 Å². The van der Waals surface area contributed by atoms with Crippen molar-refractivity contribution in [2.45, 2.75) is 25.4 Å². The molecule has 134 valence electrons. The number of benzene rings is 1. The molecular formula is C18H27ClN2O3. The van der Waals surface area contributed by atoms with Crippen molar-refractivity contribution in [1.82, 2.24) is 9.80 Å². The third kappa shape index (κ3) is 4.48. The first-order chi connectivity index (χ1) is 11.6. The van der Waals surface area contributed by atoms with E-state index in [-0.39, 0.29) is 5.97 Å². The minimum Gasteiger partial charge on any atom is -0.468 e. The summed E-state index contributed by atoms with van der Waals surface area (Å²) in [4.78, 5) is 17.1. The van der Waals surface area contributed by atoms with E-state index in [1.54, 1.807) is 7.11 Å². The van der Waals surface area contributed by atoms with Gasteiger partial charge in [0.1, 0.15) is 6.04 Å². The van der Waals surface area contributed by atoms with E-state index < -0.39 is 6.04 Å².